The zero-order chi connectivity index (χ0) is 12.2. The van der Waals surface area contributed by atoms with Crippen LogP contribution in [0.15, 0.2) is 0 Å². The number of carboxylic acids is 1. The van der Waals surface area contributed by atoms with Gasteiger partial charge in [-0.25, -0.2) is 0 Å². The summed E-state index contributed by atoms with van der Waals surface area (Å²) >= 11 is 0. The number of quaternary nitrogens is 1. The summed E-state index contributed by atoms with van der Waals surface area (Å²) in [6, 6.07) is -0.693. The Balaban J connectivity index is 1.98. The first kappa shape index (κ1) is 11.0. The summed E-state index contributed by atoms with van der Waals surface area (Å²) in [6.45, 7) is 0.997. The SMILES string of the molecule is C[N@+]12CCC[C@H]1C(=O)N1[C@H]2CCC[C@H]1C(=O)[O-]. The van der Waals surface area contributed by atoms with Crippen LogP contribution in [0.2, 0.25) is 0 Å². The van der Waals surface area contributed by atoms with Gasteiger partial charge in [-0.3, -0.25) is 14.2 Å². The molecule has 0 aromatic rings. The van der Waals surface area contributed by atoms with E-state index in [4.69, 9.17) is 0 Å². The van der Waals surface area contributed by atoms with Crippen molar-refractivity contribution < 1.29 is 19.2 Å². The zero-order valence-corrected chi connectivity index (χ0v) is 10.1. The van der Waals surface area contributed by atoms with Gasteiger partial charge in [0, 0.05) is 19.3 Å². The Bertz CT molecular complexity index is 384. The molecule has 0 aromatic carbocycles. The number of hydrogen-bond acceptors (Lipinski definition) is 3. The second-order valence-corrected chi connectivity index (χ2v) is 5.72. The van der Waals surface area contributed by atoms with E-state index in [0.717, 1.165) is 36.7 Å². The lowest BCUT2D eigenvalue weighted by molar-refractivity contribution is -0.935. The van der Waals surface area contributed by atoms with Gasteiger partial charge in [0.2, 0.25) is 0 Å². The molecule has 0 saturated carbocycles. The van der Waals surface area contributed by atoms with Crippen LogP contribution < -0.4 is 5.11 Å². The van der Waals surface area contributed by atoms with Crippen molar-refractivity contribution >= 4 is 11.9 Å². The highest BCUT2D eigenvalue weighted by Crippen LogP contribution is 2.42. The lowest BCUT2D eigenvalue weighted by Crippen LogP contribution is -2.59. The van der Waals surface area contributed by atoms with E-state index in [1.165, 1.54) is 0 Å². The summed E-state index contributed by atoms with van der Waals surface area (Å²) < 4.78 is 0.739. The Labute approximate surface area is 101 Å². The van der Waals surface area contributed by atoms with E-state index in [1.807, 2.05) is 0 Å². The average Bonchev–Trinajstić information content (AvgIpc) is 2.78. The molecule has 5 nitrogen and oxygen atoms in total. The first-order valence-electron chi connectivity index (χ1n) is 6.43. The van der Waals surface area contributed by atoms with Crippen molar-refractivity contribution in [3.8, 4) is 0 Å². The number of fused-ring (bicyclic) bond motifs is 3. The molecule has 94 valence electrons. The fourth-order valence-corrected chi connectivity index (χ4v) is 4.07. The van der Waals surface area contributed by atoms with Gasteiger partial charge in [0.05, 0.1) is 25.6 Å². The topological polar surface area (TPSA) is 60.4 Å². The number of rotatable bonds is 1. The van der Waals surface area contributed by atoms with Gasteiger partial charge in [-0.1, -0.05) is 0 Å². The van der Waals surface area contributed by atoms with Crippen LogP contribution in [0.25, 0.3) is 0 Å². The highest BCUT2D eigenvalue weighted by molar-refractivity contribution is 5.87. The minimum Gasteiger partial charge on any atom is -0.548 e. The molecule has 0 radical (unpaired) electrons. The van der Waals surface area contributed by atoms with Crippen LogP contribution in [0.5, 0.6) is 0 Å². The molecular weight excluding hydrogens is 220 g/mol. The monoisotopic (exact) mass is 238 g/mol. The van der Waals surface area contributed by atoms with Crippen LogP contribution in [0, 0.1) is 0 Å². The molecule has 0 bridgehead atoms. The third kappa shape index (κ3) is 1.29. The van der Waals surface area contributed by atoms with Gasteiger partial charge in [0.15, 0.2) is 12.2 Å². The molecule has 3 fully saturated rings. The molecule has 3 aliphatic rings. The van der Waals surface area contributed by atoms with Gasteiger partial charge in [-0.05, 0) is 12.8 Å². The summed E-state index contributed by atoms with van der Waals surface area (Å²) in [7, 11) is 2.11. The predicted octanol–water partition coefficient (Wildman–Crippen LogP) is -0.934. The van der Waals surface area contributed by atoms with Crippen molar-refractivity contribution in [2.75, 3.05) is 13.6 Å². The number of amides is 1. The first-order valence-corrected chi connectivity index (χ1v) is 6.43. The maximum Gasteiger partial charge on any atom is 0.286 e. The highest BCUT2D eigenvalue weighted by Gasteiger charge is 2.61. The molecule has 0 N–H and O–H groups in total. The number of carbonyl (C=O) groups is 2. The fourth-order valence-electron chi connectivity index (χ4n) is 4.07. The standard InChI is InChI=1S/C12H18N2O3/c1-14-7-3-5-9(14)11(15)13-8(12(16)17)4-2-6-10(13)14/h8-10H,2-7H2,1H3/t8-,9-,10+,14-/m0/s1. The van der Waals surface area contributed by atoms with Gasteiger partial charge in [0.1, 0.15) is 0 Å². The average molecular weight is 238 g/mol. The van der Waals surface area contributed by atoms with Gasteiger partial charge in [-0.2, -0.15) is 0 Å². The molecule has 3 heterocycles. The number of nitrogens with zero attached hydrogens (tertiary/aromatic N) is 2. The van der Waals surface area contributed by atoms with Gasteiger partial charge >= 0.3 is 0 Å². The Morgan fingerprint density at radius 2 is 2.12 bits per heavy atom. The van der Waals surface area contributed by atoms with Gasteiger partial charge in [0.25, 0.3) is 5.91 Å². The maximum absolute atomic E-state index is 12.4. The normalized spacial score (nSPS) is 44.6. The van der Waals surface area contributed by atoms with Crippen molar-refractivity contribution in [1.29, 1.82) is 0 Å². The summed E-state index contributed by atoms with van der Waals surface area (Å²) in [6.07, 6.45) is 4.43. The van der Waals surface area contributed by atoms with Crippen LogP contribution in [0.1, 0.15) is 32.1 Å². The molecule has 1 amide bonds. The molecule has 3 saturated heterocycles. The molecule has 4 atom stereocenters. The van der Waals surface area contributed by atoms with Crippen LogP contribution in [-0.2, 0) is 9.59 Å². The molecule has 0 aliphatic carbocycles. The Morgan fingerprint density at radius 1 is 1.35 bits per heavy atom. The third-order valence-electron chi connectivity index (χ3n) is 4.92. The van der Waals surface area contributed by atoms with Gasteiger partial charge < -0.3 is 9.90 Å². The number of likely N-dealkylation sites (N-methyl/N-ethyl adjacent to an activating group) is 1. The van der Waals surface area contributed by atoms with Crippen LogP contribution in [0.4, 0.5) is 0 Å². The lowest BCUT2D eigenvalue weighted by Gasteiger charge is -2.42. The fraction of sp³-hybridized carbons (Fsp3) is 0.833. The van der Waals surface area contributed by atoms with Crippen LogP contribution in [-0.4, -0.2) is 53.1 Å². The number of carboxylic acid groups (broad SMARTS) is 1. The maximum atomic E-state index is 12.4. The molecule has 0 aromatic heterocycles. The summed E-state index contributed by atoms with van der Waals surface area (Å²) in [4.78, 5) is 25.1. The van der Waals surface area contributed by atoms with E-state index in [2.05, 4.69) is 7.05 Å². The highest BCUT2D eigenvalue weighted by atomic mass is 16.4. The number of hydrogen-bond donors (Lipinski definition) is 0. The zero-order valence-electron chi connectivity index (χ0n) is 10.1. The van der Waals surface area contributed by atoms with Crippen molar-refractivity contribution in [3.63, 3.8) is 0 Å². The molecule has 0 unspecified atom stereocenters. The third-order valence-corrected chi connectivity index (χ3v) is 4.92. The van der Waals surface area contributed by atoms with Crippen molar-refractivity contribution in [2.45, 2.75) is 50.4 Å². The Morgan fingerprint density at radius 3 is 2.82 bits per heavy atom. The number of carbonyl (C=O) groups excluding carboxylic acids is 2. The molecule has 3 rings (SSSR count). The van der Waals surface area contributed by atoms with E-state index in [0.29, 0.717) is 6.42 Å². The lowest BCUT2D eigenvalue weighted by atomic mass is 9.99. The van der Waals surface area contributed by atoms with Crippen LogP contribution >= 0.6 is 0 Å². The Hall–Kier alpha value is -1.10. The molecule has 17 heavy (non-hydrogen) atoms. The van der Waals surface area contributed by atoms with Gasteiger partial charge in [-0.15, -0.1) is 0 Å². The predicted molar refractivity (Wildman–Crippen MR) is 57.4 cm³/mol. The molecule has 5 heteroatoms. The smallest absolute Gasteiger partial charge is 0.286 e. The molecule has 3 aliphatic heterocycles. The Kier molecular flexibility index (Phi) is 2.23. The first-order chi connectivity index (χ1) is 8.05. The van der Waals surface area contributed by atoms with Crippen molar-refractivity contribution in [2.24, 2.45) is 0 Å². The molecular formula is C12H18N2O3. The summed E-state index contributed by atoms with van der Waals surface area (Å²) in [5.74, 6) is -1.04. The second-order valence-electron chi connectivity index (χ2n) is 5.72. The van der Waals surface area contributed by atoms with E-state index >= 15 is 0 Å². The minimum absolute atomic E-state index is 0.0000463. The van der Waals surface area contributed by atoms with E-state index < -0.39 is 12.0 Å². The van der Waals surface area contributed by atoms with Crippen LogP contribution in [0.3, 0.4) is 0 Å². The summed E-state index contributed by atoms with van der Waals surface area (Å²) in [5.41, 5.74) is 0. The van der Waals surface area contributed by atoms with E-state index in [-0.39, 0.29) is 18.1 Å². The quantitative estimate of drug-likeness (QED) is 0.554. The largest absolute Gasteiger partial charge is 0.548 e. The minimum atomic E-state index is -1.09. The van der Waals surface area contributed by atoms with E-state index in [1.54, 1.807) is 4.90 Å². The number of aliphatic carboxylic acids is 1. The summed E-state index contributed by atoms with van der Waals surface area (Å²) in [5, 5.41) is 11.2. The van der Waals surface area contributed by atoms with E-state index in [9.17, 15) is 14.7 Å². The molecule has 0 spiro atoms. The van der Waals surface area contributed by atoms with Crippen molar-refractivity contribution in [1.82, 2.24) is 4.90 Å². The number of piperidine rings is 1. The second kappa shape index (κ2) is 3.45. The van der Waals surface area contributed by atoms with Crippen molar-refractivity contribution in [3.05, 3.63) is 0 Å².